The number of benzene rings is 2. The van der Waals surface area contributed by atoms with Crippen LogP contribution in [0.4, 0.5) is 11.6 Å². The lowest BCUT2D eigenvalue weighted by Crippen LogP contribution is -2.17. The number of amides is 1. The molecule has 5 aromatic rings. The van der Waals surface area contributed by atoms with Gasteiger partial charge in [-0.25, -0.2) is 0 Å². The van der Waals surface area contributed by atoms with Crippen LogP contribution in [0.1, 0.15) is 36.0 Å². The number of H-pyrrole nitrogens is 1. The summed E-state index contributed by atoms with van der Waals surface area (Å²) in [4.78, 5) is 25.0. The fourth-order valence-electron chi connectivity index (χ4n) is 5.05. The average molecular weight is 512 g/mol. The number of nitrogens with one attached hydrogen (secondary N) is 3. The molecule has 0 unspecified atom stereocenters. The highest BCUT2D eigenvalue weighted by molar-refractivity contribution is 6.00. The molecule has 2 aromatic carbocycles. The molecule has 1 aliphatic carbocycles. The Morgan fingerprint density at radius 2 is 1.97 bits per heavy atom. The minimum absolute atomic E-state index is 0.115. The number of methoxy groups -OCH3 is 1. The van der Waals surface area contributed by atoms with E-state index in [1.165, 1.54) is 0 Å². The summed E-state index contributed by atoms with van der Waals surface area (Å²) < 4.78 is 13.9. The molecule has 0 bridgehead atoms. The Labute approximate surface area is 219 Å². The van der Waals surface area contributed by atoms with Gasteiger partial charge in [-0.2, -0.15) is 15.1 Å². The van der Waals surface area contributed by atoms with E-state index >= 15 is 0 Å². The molecule has 38 heavy (non-hydrogen) atoms. The van der Waals surface area contributed by atoms with Gasteiger partial charge >= 0.3 is 0 Å². The monoisotopic (exact) mass is 511 g/mol. The molecule has 0 spiro atoms. The van der Waals surface area contributed by atoms with Crippen LogP contribution in [0.25, 0.3) is 33.1 Å². The van der Waals surface area contributed by atoms with Crippen molar-refractivity contribution in [1.82, 2.24) is 30.0 Å². The standard InChI is InChI=1S/C28H29N7O3/c1-29-26(36)17-10-11-21(23(13-17)37-3)32-28-33-25-24(27(34-28)38-19-6-4-5-7-19)20(15-30-25)16-8-9-18-14-31-35(2)22(18)12-16/h8-15,19H,4-7H2,1-3H3,(H,29,36)(H2,30,32,33,34). The number of carbonyl (C=O) groups excluding carboxylic acids is 1. The van der Waals surface area contributed by atoms with Crippen LogP contribution < -0.4 is 20.1 Å². The molecule has 3 N–H and O–H groups in total. The van der Waals surface area contributed by atoms with E-state index in [-0.39, 0.29) is 12.0 Å². The largest absolute Gasteiger partial charge is 0.495 e. The van der Waals surface area contributed by atoms with Crippen molar-refractivity contribution in [2.75, 3.05) is 19.5 Å². The Kier molecular flexibility index (Phi) is 6.07. The minimum Gasteiger partial charge on any atom is -0.495 e. The Balaban J connectivity index is 1.43. The van der Waals surface area contributed by atoms with Gasteiger partial charge < -0.3 is 25.1 Å². The molecular formula is C28H29N7O3. The molecule has 3 aromatic heterocycles. The predicted octanol–water partition coefficient (Wildman–Crippen LogP) is 4.94. The number of aromatic nitrogens is 5. The maximum Gasteiger partial charge on any atom is 0.251 e. The van der Waals surface area contributed by atoms with Gasteiger partial charge in [0.2, 0.25) is 11.8 Å². The highest BCUT2D eigenvalue weighted by atomic mass is 16.5. The van der Waals surface area contributed by atoms with Crippen molar-refractivity contribution in [2.24, 2.45) is 7.05 Å². The van der Waals surface area contributed by atoms with E-state index in [0.717, 1.165) is 53.1 Å². The highest BCUT2D eigenvalue weighted by Gasteiger charge is 2.23. The van der Waals surface area contributed by atoms with Crippen molar-refractivity contribution in [2.45, 2.75) is 31.8 Å². The topological polar surface area (TPSA) is 119 Å². The van der Waals surface area contributed by atoms with Crippen molar-refractivity contribution >= 4 is 39.5 Å². The highest BCUT2D eigenvalue weighted by Crippen LogP contribution is 2.38. The first-order valence-electron chi connectivity index (χ1n) is 12.7. The Bertz CT molecular complexity index is 1650. The molecule has 194 valence electrons. The third kappa shape index (κ3) is 4.27. The molecule has 1 saturated carbocycles. The number of hydrogen-bond donors (Lipinski definition) is 3. The summed E-state index contributed by atoms with van der Waals surface area (Å²) in [7, 11) is 5.09. The van der Waals surface area contributed by atoms with Crippen molar-refractivity contribution in [3.05, 3.63) is 54.4 Å². The van der Waals surface area contributed by atoms with Crippen LogP contribution in [0.3, 0.4) is 0 Å². The molecule has 0 atom stereocenters. The summed E-state index contributed by atoms with van der Waals surface area (Å²) >= 11 is 0. The minimum atomic E-state index is -0.192. The zero-order valence-electron chi connectivity index (χ0n) is 21.5. The third-order valence-electron chi connectivity index (χ3n) is 7.08. The number of ether oxygens (including phenoxy) is 2. The van der Waals surface area contributed by atoms with Crippen molar-refractivity contribution in [3.63, 3.8) is 0 Å². The Morgan fingerprint density at radius 3 is 2.76 bits per heavy atom. The molecule has 0 saturated heterocycles. The Morgan fingerprint density at radius 1 is 1.13 bits per heavy atom. The first kappa shape index (κ1) is 23.8. The smallest absolute Gasteiger partial charge is 0.251 e. The SMILES string of the molecule is CNC(=O)c1ccc(Nc2nc(OC3CCCC3)c3c(-c4ccc5cnn(C)c5c4)c[nH]c3n2)c(OC)c1. The molecule has 10 nitrogen and oxygen atoms in total. The van der Waals surface area contributed by atoms with Crippen molar-refractivity contribution in [1.29, 1.82) is 0 Å². The van der Waals surface area contributed by atoms with Gasteiger partial charge in [0.1, 0.15) is 17.5 Å². The molecule has 1 fully saturated rings. The number of aryl methyl sites for hydroxylation is 1. The number of fused-ring (bicyclic) bond motifs is 2. The van der Waals surface area contributed by atoms with E-state index in [4.69, 9.17) is 19.4 Å². The second kappa shape index (κ2) is 9.70. The van der Waals surface area contributed by atoms with Crippen LogP contribution in [0.15, 0.2) is 48.8 Å². The first-order chi connectivity index (χ1) is 18.5. The van der Waals surface area contributed by atoms with Gasteiger partial charge in [0.05, 0.1) is 29.9 Å². The zero-order chi connectivity index (χ0) is 26.2. The lowest BCUT2D eigenvalue weighted by Gasteiger charge is -2.16. The lowest BCUT2D eigenvalue weighted by molar-refractivity contribution is 0.0962. The summed E-state index contributed by atoms with van der Waals surface area (Å²) in [5.41, 5.74) is 4.84. The number of rotatable bonds is 7. The molecule has 10 heteroatoms. The maximum absolute atomic E-state index is 12.1. The number of nitrogens with zero attached hydrogens (tertiary/aromatic N) is 4. The average Bonchev–Trinajstić information content (AvgIpc) is 3.69. The van der Waals surface area contributed by atoms with Gasteiger partial charge in [-0.05, 0) is 55.5 Å². The predicted molar refractivity (Wildman–Crippen MR) is 146 cm³/mol. The number of aromatic amines is 1. The second-order valence-corrected chi connectivity index (χ2v) is 9.46. The van der Waals surface area contributed by atoms with Crippen LogP contribution in [0.5, 0.6) is 11.6 Å². The molecule has 3 heterocycles. The van der Waals surface area contributed by atoms with Gasteiger partial charge in [-0.3, -0.25) is 9.48 Å². The van der Waals surface area contributed by atoms with Crippen LogP contribution in [0, 0.1) is 0 Å². The first-order valence-corrected chi connectivity index (χ1v) is 12.7. The van der Waals surface area contributed by atoms with Crippen LogP contribution in [-0.4, -0.2) is 50.9 Å². The summed E-state index contributed by atoms with van der Waals surface area (Å²) in [5, 5.41) is 12.2. The molecule has 0 aliphatic heterocycles. The van der Waals surface area contributed by atoms with E-state index in [1.54, 1.807) is 32.4 Å². The number of anilines is 2. The quantitative estimate of drug-likeness (QED) is 0.283. The van der Waals surface area contributed by atoms with E-state index in [0.29, 0.717) is 34.5 Å². The second-order valence-electron chi connectivity index (χ2n) is 9.46. The fraction of sp³-hybridized carbons (Fsp3) is 0.286. The fourth-order valence-corrected chi connectivity index (χ4v) is 5.05. The van der Waals surface area contributed by atoms with Crippen molar-refractivity contribution in [3.8, 4) is 22.8 Å². The van der Waals surface area contributed by atoms with Gasteiger partial charge in [-0.15, -0.1) is 0 Å². The van der Waals surface area contributed by atoms with Gasteiger partial charge in [0.15, 0.2) is 0 Å². The zero-order valence-corrected chi connectivity index (χ0v) is 21.5. The lowest BCUT2D eigenvalue weighted by atomic mass is 10.0. The van der Waals surface area contributed by atoms with Gasteiger partial charge in [-0.1, -0.05) is 12.1 Å². The van der Waals surface area contributed by atoms with Gasteiger partial charge in [0.25, 0.3) is 5.91 Å². The van der Waals surface area contributed by atoms with Gasteiger partial charge in [0, 0.05) is 36.8 Å². The van der Waals surface area contributed by atoms with Crippen molar-refractivity contribution < 1.29 is 14.3 Å². The number of carbonyl (C=O) groups is 1. The molecule has 1 amide bonds. The maximum atomic E-state index is 12.1. The van der Waals surface area contributed by atoms with E-state index in [2.05, 4.69) is 38.9 Å². The summed E-state index contributed by atoms with van der Waals surface area (Å²) in [6, 6.07) is 11.4. The van der Waals surface area contributed by atoms with E-state index in [1.807, 2.05) is 24.1 Å². The third-order valence-corrected chi connectivity index (χ3v) is 7.08. The van der Waals surface area contributed by atoms with Crippen LogP contribution >= 0.6 is 0 Å². The normalized spacial score (nSPS) is 13.8. The summed E-state index contributed by atoms with van der Waals surface area (Å²) in [6.07, 6.45) is 8.23. The molecular weight excluding hydrogens is 482 g/mol. The van der Waals surface area contributed by atoms with Crippen LogP contribution in [0.2, 0.25) is 0 Å². The van der Waals surface area contributed by atoms with E-state index < -0.39 is 0 Å². The van der Waals surface area contributed by atoms with Crippen LogP contribution in [-0.2, 0) is 7.05 Å². The molecule has 0 radical (unpaired) electrons. The molecule has 6 rings (SSSR count). The number of hydrogen-bond acceptors (Lipinski definition) is 7. The van der Waals surface area contributed by atoms with E-state index in [9.17, 15) is 4.79 Å². The Hall–Kier alpha value is -4.60. The summed E-state index contributed by atoms with van der Waals surface area (Å²) in [5.74, 6) is 1.21. The summed E-state index contributed by atoms with van der Waals surface area (Å²) in [6.45, 7) is 0. The molecule has 1 aliphatic rings.